The highest BCUT2D eigenvalue weighted by Gasteiger charge is 2.34. The van der Waals surface area contributed by atoms with E-state index in [1.165, 1.54) is 6.08 Å². The maximum Gasteiger partial charge on any atom is 0.318 e. The molecule has 0 radical (unpaired) electrons. The lowest BCUT2D eigenvalue weighted by Gasteiger charge is -2.20. The van der Waals surface area contributed by atoms with Crippen LogP contribution in [-0.2, 0) is 4.79 Å². The number of carboxylic acid groups (broad SMARTS) is 1. The highest BCUT2D eigenvalue weighted by Crippen LogP contribution is 2.19. The first-order chi connectivity index (χ1) is 5.48. The van der Waals surface area contributed by atoms with E-state index in [0.29, 0.717) is 0 Å². The van der Waals surface area contributed by atoms with Crippen molar-refractivity contribution < 1.29 is 20.1 Å². The number of carbonyl (C=O) groups is 1. The zero-order valence-electron chi connectivity index (χ0n) is 7.24. The summed E-state index contributed by atoms with van der Waals surface area (Å²) in [4.78, 5) is 10.7. The Kier molecular flexibility index (Phi) is 3.92. The van der Waals surface area contributed by atoms with Gasteiger partial charge in [-0.15, -0.1) is 0 Å². The predicted molar refractivity (Wildman–Crippen MR) is 43.7 cm³/mol. The molecule has 0 aliphatic carbocycles. The molecule has 0 spiro atoms. The Labute approximate surface area is 71.1 Å². The third kappa shape index (κ3) is 2.32. The molecule has 0 aromatic rings. The number of carboxylic acids is 1. The van der Waals surface area contributed by atoms with Gasteiger partial charge in [0, 0.05) is 0 Å². The van der Waals surface area contributed by atoms with Gasteiger partial charge in [0.05, 0.1) is 13.2 Å². The van der Waals surface area contributed by atoms with Crippen LogP contribution in [0.2, 0.25) is 0 Å². The molecule has 0 aromatic carbocycles. The summed E-state index contributed by atoms with van der Waals surface area (Å²) in [5.41, 5.74) is -0.778. The Bertz CT molecular complexity index is 187. The summed E-state index contributed by atoms with van der Waals surface area (Å²) in [6.45, 7) is 2.24. The third-order valence-electron chi connectivity index (χ3n) is 1.56. The minimum Gasteiger partial charge on any atom is -0.480 e. The summed E-state index contributed by atoms with van der Waals surface area (Å²) in [5.74, 6) is -1.21. The van der Waals surface area contributed by atoms with Crippen molar-refractivity contribution in [3.8, 4) is 0 Å². The quantitative estimate of drug-likeness (QED) is 0.524. The molecule has 0 aliphatic rings. The summed E-state index contributed by atoms with van der Waals surface area (Å²) >= 11 is 0. The number of hydrogen-bond donors (Lipinski definition) is 3. The first kappa shape index (κ1) is 11.1. The monoisotopic (exact) mass is 174 g/mol. The Morgan fingerprint density at radius 3 is 1.83 bits per heavy atom. The molecule has 70 valence electrons. The first-order valence-electron chi connectivity index (χ1n) is 3.59. The van der Waals surface area contributed by atoms with Gasteiger partial charge in [-0.2, -0.15) is 0 Å². The molecule has 0 bridgehead atoms. The van der Waals surface area contributed by atoms with Gasteiger partial charge in [0.25, 0.3) is 0 Å². The molecule has 3 N–H and O–H groups in total. The van der Waals surface area contributed by atoms with Crippen LogP contribution in [0.1, 0.15) is 13.8 Å². The van der Waals surface area contributed by atoms with Crippen molar-refractivity contribution in [2.75, 3.05) is 13.2 Å². The molecule has 12 heavy (non-hydrogen) atoms. The molecule has 0 aromatic heterocycles. The van der Waals surface area contributed by atoms with Crippen molar-refractivity contribution in [1.82, 2.24) is 0 Å². The van der Waals surface area contributed by atoms with Crippen LogP contribution >= 0.6 is 0 Å². The van der Waals surface area contributed by atoms with Gasteiger partial charge in [-0.3, -0.25) is 4.79 Å². The highest BCUT2D eigenvalue weighted by atomic mass is 16.4. The summed E-state index contributed by atoms with van der Waals surface area (Å²) in [6, 6.07) is 0. The fraction of sp³-hybridized carbons (Fsp3) is 0.625. The molecule has 0 atom stereocenters. The maximum absolute atomic E-state index is 10.7. The molecule has 0 saturated carbocycles. The molecule has 0 rings (SSSR count). The molecule has 0 saturated heterocycles. The zero-order valence-corrected chi connectivity index (χ0v) is 7.24. The summed E-state index contributed by atoms with van der Waals surface area (Å²) in [5, 5.41) is 26.3. The van der Waals surface area contributed by atoms with E-state index in [2.05, 4.69) is 0 Å². The van der Waals surface area contributed by atoms with E-state index >= 15 is 0 Å². The largest absolute Gasteiger partial charge is 0.480 e. The molecule has 0 fully saturated rings. The molecule has 0 heterocycles. The smallest absolute Gasteiger partial charge is 0.318 e. The molecule has 0 amide bonds. The van der Waals surface area contributed by atoms with Gasteiger partial charge in [0.2, 0.25) is 0 Å². The second-order valence-corrected chi connectivity index (χ2v) is 3.00. The van der Waals surface area contributed by atoms with Crippen LogP contribution in [0.5, 0.6) is 0 Å². The average Bonchev–Trinajstić information content (AvgIpc) is 1.99. The second-order valence-electron chi connectivity index (χ2n) is 3.00. The minimum absolute atomic E-state index is 0.593. The van der Waals surface area contributed by atoms with Gasteiger partial charge < -0.3 is 15.3 Å². The van der Waals surface area contributed by atoms with Crippen LogP contribution in [0.15, 0.2) is 11.6 Å². The number of aliphatic carboxylic acids is 1. The van der Waals surface area contributed by atoms with Gasteiger partial charge in [0.15, 0.2) is 0 Å². The number of rotatable bonds is 4. The van der Waals surface area contributed by atoms with Crippen LogP contribution in [-0.4, -0.2) is 34.5 Å². The number of allylic oxidation sites excluding steroid dienone is 1. The lowest BCUT2D eigenvalue weighted by molar-refractivity contribution is -0.150. The lowest BCUT2D eigenvalue weighted by Crippen LogP contribution is -2.36. The average molecular weight is 174 g/mol. The zero-order chi connectivity index (χ0) is 9.78. The van der Waals surface area contributed by atoms with Crippen molar-refractivity contribution in [3.05, 3.63) is 11.6 Å². The molecular formula is C8H14O4. The number of aliphatic hydroxyl groups excluding tert-OH is 2. The summed E-state index contributed by atoms with van der Waals surface area (Å²) < 4.78 is 0. The van der Waals surface area contributed by atoms with Crippen molar-refractivity contribution in [1.29, 1.82) is 0 Å². The first-order valence-corrected chi connectivity index (χ1v) is 3.59. The number of hydrogen-bond acceptors (Lipinski definition) is 3. The Hall–Kier alpha value is -0.870. The van der Waals surface area contributed by atoms with Crippen molar-refractivity contribution in [2.24, 2.45) is 5.41 Å². The van der Waals surface area contributed by atoms with Crippen molar-refractivity contribution in [3.63, 3.8) is 0 Å². The topological polar surface area (TPSA) is 77.8 Å². The van der Waals surface area contributed by atoms with E-state index in [9.17, 15) is 4.79 Å². The van der Waals surface area contributed by atoms with E-state index < -0.39 is 24.6 Å². The third-order valence-corrected chi connectivity index (χ3v) is 1.56. The van der Waals surface area contributed by atoms with Crippen LogP contribution < -0.4 is 0 Å². The lowest BCUT2D eigenvalue weighted by atomic mass is 9.88. The SMILES string of the molecule is CC(C)=CC(CO)(CO)C(=O)O. The van der Waals surface area contributed by atoms with Gasteiger partial charge >= 0.3 is 5.97 Å². The van der Waals surface area contributed by atoms with Gasteiger partial charge in [-0.25, -0.2) is 0 Å². The van der Waals surface area contributed by atoms with Crippen molar-refractivity contribution in [2.45, 2.75) is 13.8 Å². The van der Waals surface area contributed by atoms with Crippen molar-refractivity contribution >= 4 is 5.97 Å². The fourth-order valence-corrected chi connectivity index (χ4v) is 0.891. The maximum atomic E-state index is 10.7. The minimum atomic E-state index is -1.53. The van der Waals surface area contributed by atoms with Crippen LogP contribution in [0.25, 0.3) is 0 Å². The summed E-state index contributed by atoms with van der Waals surface area (Å²) in [7, 11) is 0. The van der Waals surface area contributed by atoms with Crippen LogP contribution in [0, 0.1) is 5.41 Å². The predicted octanol–water partition coefficient (Wildman–Crippen LogP) is 0.00820. The van der Waals surface area contributed by atoms with E-state index in [4.69, 9.17) is 15.3 Å². The normalized spacial score (nSPS) is 11.0. The van der Waals surface area contributed by atoms with Crippen LogP contribution in [0.3, 0.4) is 0 Å². The van der Waals surface area contributed by atoms with E-state index in [1.54, 1.807) is 13.8 Å². The molecular weight excluding hydrogens is 160 g/mol. The van der Waals surface area contributed by atoms with E-state index in [0.717, 1.165) is 5.57 Å². The van der Waals surface area contributed by atoms with Gasteiger partial charge in [0.1, 0.15) is 5.41 Å². The van der Waals surface area contributed by atoms with Crippen LogP contribution in [0.4, 0.5) is 0 Å². The molecule has 0 unspecified atom stereocenters. The Morgan fingerprint density at radius 1 is 1.33 bits per heavy atom. The van der Waals surface area contributed by atoms with E-state index in [-0.39, 0.29) is 0 Å². The number of aliphatic hydroxyl groups is 2. The standard InChI is InChI=1S/C8H14O4/c1-6(2)3-8(4-9,5-10)7(11)12/h3,9-10H,4-5H2,1-2H3,(H,11,12). The Morgan fingerprint density at radius 2 is 1.75 bits per heavy atom. The van der Waals surface area contributed by atoms with E-state index in [1.807, 2.05) is 0 Å². The molecule has 0 aliphatic heterocycles. The fourth-order valence-electron chi connectivity index (χ4n) is 0.891. The van der Waals surface area contributed by atoms with Gasteiger partial charge in [-0.1, -0.05) is 11.6 Å². The second kappa shape index (κ2) is 4.23. The molecule has 4 nitrogen and oxygen atoms in total. The van der Waals surface area contributed by atoms with Gasteiger partial charge in [-0.05, 0) is 13.8 Å². The highest BCUT2D eigenvalue weighted by molar-refractivity contribution is 5.77. The summed E-state index contributed by atoms with van der Waals surface area (Å²) in [6.07, 6.45) is 1.36. The Balaban J connectivity index is 4.83. The molecule has 4 heteroatoms.